The van der Waals surface area contributed by atoms with Gasteiger partial charge in [-0.3, -0.25) is 0 Å². The minimum Gasteiger partial charge on any atom is -0.479 e. The van der Waals surface area contributed by atoms with Crippen LogP contribution in [0, 0.1) is 0 Å². The second-order valence-corrected chi connectivity index (χ2v) is 1.78. The summed E-state index contributed by atoms with van der Waals surface area (Å²) in [7, 11) is 0. The molecule has 0 aliphatic rings. The van der Waals surface area contributed by atoms with Crippen molar-refractivity contribution in [2.24, 2.45) is 0 Å². The van der Waals surface area contributed by atoms with E-state index in [1.165, 1.54) is 0 Å². The van der Waals surface area contributed by atoms with E-state index in [1.807, 2.05) is 6.92 Å². The average Bonchev–Trinajstić information content (AvgIpc) is 1.35. The summed E-state index contributed by atoms with van der Waals surface area (Å²) in [6.07, 6.45) is 0. The zero-order chi connectivity index (χ0) is 4.99. The maximum atomic E-state index is 4.64. The Balaban J connectivity index is 0. The molecule has 0 aromatic carbocycles. The molecule has 0 fully saturated rings. The summed E-state index contributed by atoms with van der Waals surface area (Å²) in [6.45, 7) is 2.48. The predicted molar refractivity (Wildman–Crippen MR) is 33.2 cm³/mol. The molecule has 0 aromatic rings. The van der Waals surface area contributed by atoms with Crippen molar-refractivity contribution in [3.05, 3.63) is 0 Å². The largest absolute Gasteiger partial charge is 1.00 e. The Labute approximate surface area is 76.5 Å². The van der Waals surface area contributed by atoms with Gasteiger partial charge in [0.1, 0.15) is 0 Å². The first-order valence-electron chi connectivity index (χ1n) is 1.63. The molecule has 0 heterocycles. The van der Waals surface area contributed by atoms with Crippen molar-refractivity contribution >= 4 is 29.2 Å². The first kappa shape index (κ1) is 11.1. The van der Waals surface area contributed by atoms with Crippen molar-refractivity contribution in [3.63, 3.8) is 0 Å². The molecule has 0 N–H and O–H groups in total. The fraction of sp³-hybridized carbons (Fsp3) is 0.667. The Kier molecular flexibility index (Phi) is 11.5. The van der Waals surface area contributed by atoms with E-state index in [1.54, 1.807) is 0 Å². The van der Waals surface area contributed by atoms with Gasteiger partial charge in [-0.25, -0.2) is 0 Å². The minimum atomic E-state index is 0. The van der Waals surface area contributed by atoms with E-state index in [-0.39, 0.29) is 29.6 Å². The molecule has 0 atom stereocenters. The molecule has 0 bridgehead atoms. The van der Waals surface area contributed by atoms with Gasteiger partial charge in [0.2, 0.25) is 4.38 Å². The summed E-state index contributed by atoms with van der Waals surface area (Å²) in [6, 6.07) is 0. The normalized spacial score (nSPS) is 6.57. The predicted octanol–water partition coefficient (Wildman–Crippen LogP) is -1.76. The van der Waals surface area contributed by atoms with Crippen LogP contribution in [0.4, 0.5) is 0 Å². The fourth-order valence-corrected chi connectivity index (χ4v) is 0.370. The van der Waals surface area contributed by atoms with E-state index >= 15 is 0 Å². The van der Waals surface area contributed by atoms with Crippen LogP contribution in [0.1, 0.15) is 6.92 Å². The number of hydrogen-bond acceptors (Lipinski definition) is 2. The van der Waals surface area contributed by atoms with E-state index in [9.17, 15) is 0 Å². The molecule has 0 aliphatic carbocycles. The van der Waals surface area contributed by atoms with Gasteiger partial charge in [-0.1, -0.05) is 12.6 Å². The zero-order valence-electron chi connectivity index (χ0n) is 4.47. The molecule has 0 saturated heterocycles. The van der Waals surface area contributed by atoms with Gasteiger partial charge in [-0.15, -0.1) is 0 Å². The molecule has 0 amide bonds. The first-order chi connectivity index (χ1) is 2.77. The summed E-state index contributed by atoms with van der Waals surface area (Å²) < 4.78 is 4.95. The quantitative estimate of drug-likeness (QED) is 0.266. The fourth-order valence-electron chi connectivity index (χ4n) is 0.123. The molecule has 0 aromatic heterocycles. The van der Waals surface area contributed by atoms with E-state index < -0.39 is 0 Å². The van der Waals surface area contributed by atoms with Gasteiger partial charge >= 0.3 is 29.6 Å². The third-order valence-electron chi connectivity index (χ3n) is 0.268. The van der Waals surface area contributed by atoms with Crippen LogP contribution >= 0.6 is 24.8 Å². The van der Waals surface area contributed by atoms with Gasteiger partial charge in [-0.05, 0) is 19.1 Å². The van der Waals surface area contributed by atoms with Crippen molar-refractivity contribution in [1.82, 2.24) is 0 Å². The Morgan fingerprint density at radius 2 is 2.29 bits per heavy atom. The van der Waals surface area contributed by atoms with E-state index in [2.05, 4.69) is 29.6 Å². The number of hydrogen-bond donors (Lipinski definition) is 1. The first-order valence-corrected chi connectivity index (χ1v) is 2.48. The molecular formula is C3H6NaOS2+. The molecule has 0 saturated carbocycles. The Hall–Kier alpha value is 1.24. The topological polar surface area (TPSA) is 9.23 Å². The van der Waals surface area contributed by atoms with E-state index in [0.29, 0.717) is 11.0 Å². The van der Waals surface area contributed by atoms with Gasteiger partial charge in [-0.2, -0.15) is 0 Å². The van der Waals surface area contributed by atoms with Crippen LogP contribution in [0.3, 0.4) is 0 Å². The maximum absolute atomic E-state index is 4.64. The number of thiol groups is 1. The summed E-state index contributed by atoms with van der Waals surface area (Å²) in [5, 5.41) is 0. The summed E-state index contributed by atoms with van der Waals surface area (Å²) in [4.78, 5) is 0. The molecular weight excluding hydrogens is 139 g/mol. The molecule has 36 valence electrons. The third kappa shape index (κ3) is 11.1. The molecule has 4 heteroatoms. The average molecular weight is 145 g/mol. The van der Waals surface area contributed by atoms with Crippen LogP contribution in [0.2, 0.25) is 0 Å². The van der Waals surface area contributed by atoms with Gasteiger partial charge in [0.05, 0.1) is 6.61 Å². The smallest absolute Gasteiger partial charge is 0.479 e. The van der Waals surface area contributed by atoms with Crippen LogP contribution in [-0.2, 0) is 4.74 Å². The molecule has 0 unspecified atom stereocenters. The summed E-state index contributed by atoms with van der Waals surface area (Å²) in [5.41, 5.74) is 0. The number of thiocarbonyl (C=S) groups is 1. The Morgan fingerprint density at radius 1 is 1.86 bits per heavy atom. The van der Waals surface area contributed by atoms with Crippen molar-refractivity contribution in [1.29, 1.82) is 0 Å². The Bertz CT molecular complexity index is 56.9. The molecule has 0 spiro atoms. The number of ether oxygens (including phenoxy) is 1. The molecule has 1 nitrogen and oxygen atoms in total. The minimum absolute atomic E-state index is 0. The van der Waals surface area contributed by atoms with Gasteiger partial charge in [0.15, 0.2) is 0 Å². The summed E-state index contributed by atoms with van der Waals surface area (Å²) in [5.74, 6) is 0. The van der Waals surface area contributed by atoms with Gasteiger partial charge in [0, 0.05) is 0 Å². The molecule has 0 radical (unpaired) electrons. The molecule has 7 heavy (non-hydrogen) atoms. The van der Waals surface area contributed by atoms with Crippen LogP contribution in [0.25, 0.3) is 0 Å². The zero-order valence-corrected chi connectivity index (χ0v) is 8.18. The standard InChI is InChI=1S/C3H6OS2.Na/c1-2-4-3(5)6;/h2H2,1H3,(H,5,6);/q;+1. The van der Waals surface area contributed by atoms with Crippen molar-refractivity contribution in [2.75, 3.05) is 6.61 Å². The van der Waals surface area contributed by atoms with Crippen molar-refractivity contribution in [2.45, 2.75) is 6.92 Å². The van der Waals surface area contributed by atoms with Gasteiger partial charge < -0.3 is 4.74 Å². The summed E-state index contributed by atoms with van der Waals surface area (Å²) >= 11 is 8.12. The third-order valence-corrected chi connectivity index (χ3v) is 0.515. The van der Waals surface area contributed by atoms with Crippen LogP contribution < -0.4 is 29.6 Å². The molecule has 0 rings (SSSR count). The second kappa shape index (κ2) is 7.24. The van der Waals surface area contributed by atoms with Crippen molar-refractivity contribution < 1.29 is 34.3 Å². The Morgan fingerprint density at radius 3 is 2.29 bits per heavy atom. The monoisotopic (exact) mass is 145 g/mol. The van der Waals surface area contributed by atoms with E-state index in [0.717, 1.165) is 0 Å². The maximum Gasteiger partial charge on any atom is 1.00 e. The van der Waals surface area contributed by atoms with Crippen molar-refractivity contribution in [3.8, 4) is 0 Å². The second-order valence-electron chi connectivity index (χ2n) is 0.699. The van der Waals surface area contributed by atoms with Crippen LogP contribution in [0.15, 0.2) is 0 Å². The van der Waals surface area contributed by atoms with Gasteiger partial charge in [0.25, 0.3) is 0 Å². The SMILES string of the molecule is CCOC(=S)S.[Na+]. The van der Waals surface area contributed by atoms with Crippen LogP contribution in [0.5, 0.6) is 0 Å². The number of rotatable bonds is 1. The van der Waals surface area contributed by atoms with E-state index in [4.69, 9.17) is 0 Å². The van der Waals surface area contributed by atoms with Crippen LogP contribution in [-0.4, -0.2) is 11.0 Å². The molecule has 0 aliphatic heterocycles.